The van der Waals surface area contributed by atoms with Crippen LogP contribution < -0.4 is 15.4 Å². The summed E-state index contributed by atoms with van der Waals surface area (Å²) in [7, 11) is 1.76. The van der Waals surface area contributed by atoms with E-state index < -0.39 is 5.54 Å². The van der Waals surface area contributed by atoms with E-state index >= 15 is 0 Å². The Labute approximate surface area is 102 Å². The number of amides is 1. The zero-order valence-corrected chi connectivity index (χ0v) is 10.8. The molecular weight excluding hydrogens is 216 g/mol. The maximum Gasteiger partial charge on any atom is 0.244 e. The van der Waals surface area contributed by atoms with Gasteiger partial charge < -0.3 is 15.4 Å². The normalized spacial score (nSPS) is 11.1. The number of para-hydroxylation sites is 2. The number of hydrogen-bond acceptors (Lipinski definition) is 3. The van der Waals surface area contributed by atoms with Crippen LogP contribution in [0, 0.1) is 0 Å². The van der Waals surface area contributed by atoms with Crippen LogP contribution in [0.15, 0.2) is 24.3 Å². The molecule has 0 saturated carbocycles. The highest BCUT2D eigenvalue weighted by Gasteiger charge is 2.25. The van der Waals surface area contributed by atoms with Crippen LogP contribution in [0.2, 0.25) is 0 Å². The summed E-state index contributed by atoms with van der Waals surface area (Å²) in [6.45, 7) is 6.13. The number of rotatable bonds is 5. The summed E-state index contributed by atoms with van der Waals surface area (Å²) >= 11 is 0. The van der Waals surface area contributed by atoms with Crippen molar-refractivity contribution in [3.8, 4) is 5.75 Å². The van der Waals surface area contributed by atoms with Crippen molar-refractivity contribution in [3.05, 3.63) is 24.3 Å². The van der Waals surface area contributed by atoms with Crippen molar-refractivity contribution in [2.75, 3.05) is 19.0 Å². The summed E-state index contributed by atoms with van der Waals surface area (Å²) in [5.41, 5.74) is 0.0851. The molecule has 4 nitrogen and oxygen atoms in total. The second-order valence-corrected chi connectivity index (χ2v) is 4.26. The topological polar surface area (TPSA) is 50.4 Å². The molecule has 0 aliphatic carbocycles. The van der Waals surface area contributed by atoms with E-state index in [1.165, 1.54) is 0 Å². The predicted molar refractivity (Wildman–Crippen MR) is 69.4 cm³/mol. The van der Waals surface area contributed by atoms with Gasteiger partial charge in [-0.3, -0.25) is 4.79 Å². The van der Waals surface area contributed by atoms with Gasteiger partial charge in [0.1, 0.15) is 5.75 Å². The summed E-state index contributed by atoms with van der Waals surface area (Å²) in [6, 6.07) is 7.41. The number of nitrogens with one attached hydrogen (secondary N) is 2. The molecule has 0 bridgehead atoms. The van der Waals surface area contributed by atoms with Gasteiger partial charge in [0.2, 0.25) is 5.91 Å². The minimum absolute atomic E-state index is 0.0906. The fourth-order valence-electron chi connectivity index (χ4n) is 1.24. The first-order valence-corrected chi connectivity index (χ1v) is 5.73. The first-order chi connectivity index (χ1) is 8.01. The highest BCUT2D eigenvalue weighted by molar-refractivity contribution is 5.98. The Morgan fingerprint density at radius 2 is 2.00 bits per heavy atom. The Morgan fingerprint density at radius 3 is 2.59 bits per heavy atom. The van der Waals surface area contributed by atoms with Gasteiger partial charge in [-0.15, -0.1) is 0 Å². The van der Waals surface area contributed by atoms with Gasteiger partial charge in [0.05, 0.1) is 17.8 Å². The van der Waals surface area contributed by atoms with Gasteiger partial charge in [-0.25, -0.2) is 0 Å². The third-order valence-corrected chi connectivity index (χ3v) is 2.63. The van der Waals surface area contributed by atoms with E-state index in [0.717, 1.165) is 0 Å². The van der Waals surface area contributed by atoms with Crippen LogP contribution in [-0.4, -0.2) is 25.1 Å². The predicted octanol–water partition coefficient (Wildman–Crippen LogP) is 2.02. The molecule has 0 heterocycles. The Balaban J connectivity index is 2.84. The number of carbonyl (C=O) groups is 1. The van der Waals surface area contributed by atoms with Gasteiger partial charge >= 0.3 is 0 Å². The molecule has 1 amide bonds. The number of likely N-dealkylation sites (N-methyl/N-ethyl adjacent to an activating group) is 1. The van der Waals surface area contributed by atoms with Crippen LogP contribution >= 0.6 is 0 Å². The summed E-state index contributed by atoms with van der Waals surface area (Å²) in [5.74, 6) is 0.599. The van der Waals surface area contributed by atoms with Crippen molar-refractivity contribution < 1.29 is 9.53 Å². The van der Waals surface area contributed by atoms with E-state index in [9.17, 15) is 4.79 Å². The molecule has 0 atom stereocenters. The van der Waals surface area contributed by atoms with Crippen molar-refractivity contribution in [3.63, 3.8) is 0 Å². The second kappa shape index (κ2) is 5.68. The van der Waals surface area contributed by atoms with Gasteiger partial charge in [0, 0.05) is 0 Å². The Morgan fingerprint density at radius 1 is 1.35 bits per heavy atom. The number of anilines is 1. The second-order valence-electron chi connectivity index (χ2n) is 4.26. The van der Waals surface area contributed by atoms with E-state index in [1.54, 1.807) is 7.05 Å². The number of benzene rings is 1. The summed E-state index contributed by atoms with van der Waals surface area (Å²) in [5, 5.41) is 5.82. The van der Waals surface area contributed by atoms with Gasteiger partial charge in [-0.2, -0.15) is 0 Å². The Kier molecular flexibility index (Phi) is 4.52. The van der Waals surface area contributed by atoms with E-state index in [4.69, 9.17) is 4.74 Å². The van der Waals surface area contributed by atoms with Crippen LogP contribution in [0.25, 0.3) is 0 Å². The Hall–Kier alpha value is -1.55. The molecule has 0 saturated heterocycles. The fraction of sp³-hybridized carbons (Fsp3) is 0.462. The molecule has 1 aromatic carbocycles. The molecule has 0 radical (unpaired) electrons. The molecule has 0 unspecified atom stereocenters. The van der Waals surface area contributed by atoms with E-state index in [-0.39, 0.29) is 5.91 Å². The Bertz CT molecular complexity index is 389. The first-order valence-electron chi connectivity index (χ1n) is 5.73. The average molecular weight is 236 g/mol. The minimum atomic E-state index is -0.612. The molecule has 1 aromatic rings. The molecule has 94 valence electrons. The first kappa shape index (κ1) is 13.5. The summed E-state index contributed by atoms with van der Waals surface area (Å²) < 4.78 is 5.45. The molecule has 0 aromatic heterocycles. The molecule has 2 N–H and O–H groups in total. The number of ether oxygens (including phenoxy) is 1. The minimum Gasteiger partial charge on any atom is -0.492 e. The number of carbonyl (C=O) groups excluding carboxylic acids is 1. The molecule has 0 spiro atoms. The van der Waals surface area contributed by atoms with Crippen molar-refractivity contribution >= 4 is 11.6 Å². The lowest BCUT2D eigenvalue weighted by atomic mass is 10.1. The van der Waals surface area contributed by atoms with Crippen LogP contribution in [0.1, 0.15) is 20.8 Å². The lowest BCUT2D eigenvalue weighted by Crippen LogP contribution is -2.47. The molecular formula is C13H20N2O2. The van der Waals surface area contributed by atoms with Crippen molar-refractivity contribution in [2.45, 2.75) is 26.3 Å². The van der Waals surface area contributed by atoms with Crippen LogP contribution in [0.5, 0.6) is 5.75 Å². The molecule has 17 heavy (non-hydrogen) atoms. The maximum atomic E-state index is 12.0. The third kappa shape index (κ3) is 3.46. The van der Waals surface area contributed by atoms with E-state index in [2.05, 4.69) is 10.6 Å². The van der Waals surface area contributed by atoms with Gasteiger partial charge in [-0.05, 0) is 40.0 Å². The molecule has 1 rings (SSSR count). The molecule has 0 aliphatic rings. The van der Waals surface area contributed by atoms with Crippen LogP contribution in [0.3, 0.4) is 0 Å². The quantitative estimate of drug-likeness (QED) is 0.822. The van der Waals surface area contributed by atoms with E-state index in [0.29, 0.717) is 18.0 Å². The van der Waals surface area contributed by atoms with Crippen molar-refractivity contribution in [2.24, 2.45) is 0 Å². The largest absolute Gasteiger partial charge is 0.492 e. The molecule has 0 aliphatic heterocycles. The lowest BCUT2D eigenvalue weighted by Gasteiger charge is -2.23. The third-order valence-electron chi connectivity index (χ3n) is 2.63. The van der Waals surface area contributed by atoms with Crippen LogP contribution in [-0.2, 0) is 4.79 Å². The average Bonchev–Trinajstić information content (AvgIpc) is 2.32. The molecule has 0 fully saturated rings. The highest BCUT2D eigenvalue weighted by atomic mass is 16.5. The highest BCUT2D eigenvalue weighted by Crippen LogP contribution is 2.24. The van der Waals surface area contributed by atoms with E-state index in [1.807, 2.05) is 45.0 Å². The summed E-state index contributed by atoms with van der Waals surface area (Å²) in [4.78, 5) is 12.0. The molecule has 4 heteroatoms. The van der Waals surface area contributed by atoms with Gasteiger partial charge in [-0.1, -0.05) is 12.1 Å². The lowest BCUT2D eigenvalue weighted by molar-refractivity contribution is -0.121. The zero-order chi connectivity index (χ0) is 12.9. The van der Waals surface area contributed by atoms with Crippen molar-refractivity contribution in [1.82, 2.24) is 5.32 Å². The van der Waals surface area contributed by atoms with Gasteiger partial charge in [0.15, 0.2) is 0 Å². The van der Waals surface area contributed by atoms with Gasteiger partial charge in [0.25, 0.3) is 0 Å². The fourth-order valence-corrected chi connectivity index (χ4v) is 1.24. The zero-order valence-electron chi connectivity index (χ0n) is 10.8. The van der Waals surface area contributed by atoms with Crippen molar-refractivity contribution in [1.29, 1.82) is 0 Å². The monoisotopic (exact) mass is 236 g/mol. The summed E-state index contributed by atoms with van der Waals surface area (Å²) in [6.07, 6.45) is 0. The maximum absolute atomic E-state index is 12.0. The SMILES string of the molecule is CCOc1ccccc1NC(=O)C(C)(C)NC. The smallest absolute Gasteiger partial charge is 0.244 e. The van der Waals surface area contributed by atoms with Crippen LogP contribution in [0.4, 0.5) is 5.69 Å². The number of hydrogen-bond donors (Lipinski definition) is 2. The standard InChI is InChI=1S/C13H20N2O2/c1-5-17-11-9-7-6-8-10(11)15-12(16)13(2,3)14-4/h6-9,14H,5H2,1-4H3,(H,15,16).